The number of piperazine rings is 1. The molecule has 2 unspecified atom stereocenters. The maximum absolute atomic E-state index is 3.75. The first kappa shape index (κ1) is 16.0. The highest BCUT2D eigenvalue weighted by molar-refractivity contribution is 4.92. The van der Waals surface area contributed by atoms with E-state index in [0.29, 0.717) is 16.9 Å². The quantitative estimate of drug-likeness (QED) is 0.826. The van der Waals surface area contributed by atoms with Crippen LogP contribution in [0, 0.1) is 10.8 Å². The molecule has 0 saturated carbocycles. The zero-order chi connectivity index (χ0) is 14.0. The fraction of sp³-hybridized carbons (Fsp3) is 1.00. The van der Waals surface area contributed by atoms with Crippen LogP contribution in [-0.2, 0) is 0 Å². The van der Waals surface area contributed by atoms with Gasteiger partial charge in [0.25, 0.3) is 0 Å². The predicted molar refractivity (Wildman–Crippen MR) is 81.0 cm³/mol. The molecule has 0 bridgehead atoms. The zero-order valence-corrected chi connectivity index (χ0v) is 13.6. The molecule has 0 aromatic heterocycles. The standard InChI is InChI=1S/C16H34N2/c1-8-13-10-17-14(15(3,4)5)11-18(13)12-16(6,7)9-2/h13-14,17H,8-12H2,1-7H3. The van der Waals surface area contributed by atoms with E-state index in [0.717, 1.165) is 12.6 Å². The van der Waals surface area contributed by atoms with Gasteiger partial charge in [-0.3, -0.25) is 4.90 Å². The Balaban J connectivity index is 2.71. The monoisotopic (exact) mass is 254 g/mol. The molecule has 0 spiro atoms. The van der Waals surface area contributed by atoms with Gasteiger partial charge in [0, 0.05) is 31.7 Å². The average Bonchev–Trinajstić information content (AvgIpc) is 2.27. The Bertz CT molecular complexity index is 252. The molecule has 1 heterocycles. The molecule has 0 aromatic rings. The summed E-state index contributed by atoms with van der Waals surface area (Å²) in [5.41, 5.74) is 0.792. The van der Waals surface area contributed by atoms with E-state index in [1.807, 2.05) is 0 Å². The summed E-state index contributed by atoms with van der Waals surface area (Å²) in [4.78, 5) is 2.73. The number of nitrogens with zero attached hydrogens (tertiary/aromatic N) is 1. The fourth-order valence-electron chi connectivity index (χ4n) is 2.69. The van der Waals surface area contributed by atoms with Gasteiger partial charge >= 0.3 is 0 Å². The highest BCUT2D eigenvalue weighted by atomic mass is 15.2. The Morgan fingerprint density at radius 2 is 1.72 bits per heavy atom. The van der Waals surface area contributed by atoms with Crippen molar-refractivity contribution in [3.63, 3.8) is 0 Å². The maximum Gasteiger partial charge on any atom is 0.0244 e. The van der Waals surface area contributed by atoms with Crippen molar-refractivity contribution in [3.05, 3.63) is 0 Å². The van der Waals surface area contributed by atoms with E-state index in [1.165, 1.54) is 25.9 Å². The summed E-state index contributed by atoms with van der Waals surface area (Å²) < 4.78 is 0. The second-order valence-electron chi connectivity index (χ2n) is 7.84. The SMILES string of the molecule is CCC1CNC(C(C)(C)C)CN1CC(C)(C)CC. The predicted octanol–water partition coefficient (Wildman–Crippen LogP) is 3.52. The Morgan fingerprint density at radius 3 is 2.17 bits per heavy atom. The first-order valence-corrected chi connectivity index (χ1v) is 7.67. The van der Waals surface area contributed by atoms with E-state index >= 15 is 0 Å². The van der Waals surface area contributed by atoms with Gasteiger partial charge in [-0.25, -0.2) is 0 Å². The lowest BCUT2D eigenvalue weighted by atomic mass is 9.83. The number of hydrogen-bond acceptors (Lipinski definition) is 2. The fourth-order valence-corrected chi connectivity index (χ4v) is 2.69. The van der Waals surface area contributed by atoms with Crippen molar-refractivity contribution in [2.24, 2.45) is 10.8 Å². The second-order valence-corrected chi connectivity index (χ2v) is 7.84. The van der Waals surface area contributed by atoms with E-state index in [1.54, 1.807) is 0 Å². The van der Waals surface area contributed by atoms with Crippen LogP contribution in [0.1, 0.15) is 61.3 Å². The summed E-state index contributed by atoms with van der Waals surface area (Å²) >= 11 is 0. The average molecular weight is 254 g/mol. The summed E-state index contributed by atoms with van der Waals surface area (Å²) in [6.07, 6.45) is 2.51. The van der Waals surface area contributed by atoms with Gasteiger partial charge in [-0.05, 0) is 23.7 Å². The first-order chi connectivity index (χ1) is 8.19. The highest BCUT2D eigenvalue weighted by Gasteiger charge is 2.35. The lowest BCUT2D eigenvalue weighted by molar-refractivity contribution is 0.0514. The van der Waals surface area contributed by atoms with Crippen LogP contribution in [0.25, 0.3) is 0 Å². The number of rotatable bonds is 4. The van der Waals surface area contributed by atoms with Crippen LogP contribution >= 0.6 is 0 Å². The Morgan fingerprint density at radius 1 is 1.11 bits per heavy atom. The lowest BCUT2D eigenvalue weighted by Crippen LogP contribution is -2.61. The van der Waals surface area contributed by atoms with Gasteiger partial charge in [0.2, 0.25) is 0 Å². The van der Waals surface area contributed by atoms with Gasteiger partial charge in [-0.15, -0.1) is 0 Å². The Kier molecular flexibility index (Phi) is 5.25. The normalized spacial score (nSPS) is 27.5. The third kappa shape index (κ3) is 4.24. The van der Waals surface area contributed by atoms with E-state index in [4.69, 9.17) is 0 Å². The molecule has 0 radical (unpaired) electrons. The summed E-state index contributed by atoms with van der Waals surface area (Å²) in [5.74, 6) is 0. The third-order valence-electron chi connectivity index (χ3n) is 4.64. The molecule has 1 aliphatic rings. The van der Waals surface area contributed by atoms with Crippen molar-refractivity contribution in [1.82, 2.24) is 10.2 Å². The molecule has 1 aliphatic heterocycles. The van der Waals surface area contributed by atoms with Crippen LogP contribution in [0.5, 0.6) is 0 Å². The minimum Gasteiger partial charge on any atom is -0.311 e. The van der Waals surface area contributed by atoms with E-state index < -0.39 is 0 Å². The molecule has 1 fully saturated rings. The largest absolute Gasteiger partial charge is 0.311 e. The molecule has 0 aliphatic carbocycles. The van der Waals surface area contributed by atoms with Crippen LogP contribution in [0.2, 0.25) is 0 Å². The molecular formula is C16H34N2. The second kappa shape index (κ2) is 5.92. The summed E-state index contributed by atoms with van der Waals surface area (Å²) in [7, 11) is 0. The first-order valence-electron chi connectivity index (χ1n) is 7.67. The molecule has 0 aromatic carbocycles. The summed E-state index contributed by atoms with van der Waals surface area (Å²) in [6.45, 7) is 20.0. The van der Waals surface area contributed by atoms with Crippen molar-refractivity contribution >= 4 is 0 Å². The summed E-state index contributed by atoms with van der Waals surface area (Å²) in [5, 5.41) is 3.75. The van der Waals surface area contributed by atoms with Crippen LogP contribution in [0.15, 0.2) is 0 Å². The van der Waals surface area contributed by atoms with Gasteiger partial charge in [0.15, 0.2) is 0 Å². The molecule has 2 nitrogen and oxygen atoms in total. The molecule has 0 amide bonds. The van der Waals surface area contributed by atoms with Gasteiger partial charge in [0.1, 0.15) is 0 Å². The number of hydrogen-bond donors (Lipinski definition) is 1. The van der Waals surface area contributed by atoms with E-state index in [2.05, 4.69) is 58.7 Å². The summed E-state index contributed by atoms with van der Waals surface area (Å²) in [6, 6.07) is 1.34. The van der Waals surface area contributed by atoms with E-state index in [9.17, 15) is 0 Å². The lowest BCUT2D eigenvalue weighted by Gasteiger charge is -2.47. The van der Waals surface area contributed by atoms with Crippen molar-refractivity contribution in [1.29, 1.82) is 0 Å². The van der Waals surface area contributed by atoms with Gasteiger partial charge in [0.05, 0.1) is 0 Å². The molecule has 1 saturated heterocycles. The maximum atomic E-state index is 3.75. The molecule has 1 rings (SSSR count). The molecule has 2 heteroatoms. The molecule has 18 heavy (non-hydrogen) atoms. The minimum absolute atomic E-state index is 0.354. The minimum atomic E-state index is 0.354. The van der Waals surface area contributed by atoms with Crippen molar-refractivity contribution in [2.45, 2.75) is 73.4 Å². The number of nitrogens with one attached hydrogen (secondary N) is 1. The van der Waals surface area contributed by atoms with Crippen LogP contribution in [-0.4, -0.2) is 36.6 Å². The van der Waals surface area contributed by atoms with Crippen molar-refractivity contribution in [3.8, 4) is 0 Å². The van der Waals surface area contributed by atoms with Crippen LogP contribution in [0.3, 0.4) is 0 Å². The Hall–Kier alpha value is -0.0800. The van der Waals surface area contributed by atoms with Crippen LogP contribution < -0.4 is 5.32 Å². The molecule has 1 N–H and O–H groups in total. The highest BCUT2D eigenvalue weighted by Crippen LogP contribution is 2.28. The van der Waals surface area contributed by atoms with Gasteiger partial charge in [-0.2, -0.15) is 0 Å². The van der Waals surface area contributed by atoms with Gasteiger partial charge in [-0.1, -0.05) is 48.5 Å². The van der Waals surface area contributed by atoms with E-state index in [-0.39, 0.29) is 0 Å². The molecule has 108 valence electrons. The smallest absolute Gasteiger partial charge is 0.0244 e. The topological polar surface area (TPSA) is 15.3 Å². The Labute approximate surface area is 115 Å². The van der Waals surface area contributed by atoms with Crippen molar-refractivity contribution in [2.75, 3.05) is 19.6 Å². The molecule has 2 atom stereocenters. The third-order valence-corrected chi connectivity index (χ3v) is 4.64. The van der Waals surface area contributed by atoms with Crippen LogP contribution in [0.4, 0.5) is 0 Å². The van der Waals surface area contributed by atoms with Crippen molar-refractivity contribution < 1.29 is 0 Å². The zero-order valence-electron chi connectivity index (χ0n) is 13.6. The molecular weight excluding hydrogens is 220 g/mol. The van der Waals surface area contributed by atoms with Gasteiger partial charge < -0.3 is 5.32 Å².